The Kier molecular flexibility index (Phi) is 5.18. The molecule has 1 unspecified atom stereocenters. The zero-order chi connectivity index (χ0) is 17.3. The monoisotopic (exact) mass is 366 g/mol. The molecule has 0 saturated carbocycles. The third-order valence-corrected chi connectivity index (χ3v) is 5.26. The van der Waals surface area contributed by atoms with Crippen LogP contribution in [0.5, 0.6) is 0 Å². The van der Waals surface area contributed by atoms with E-state index in [2.05, 4.69) is 35.3 Å². The van der Waals surface area contributed by atoms with Crippen molar-refractivity contribution >= 4 is 34.8 Å². The van der Waals surface area contributed by atoms with E-state index in [1.54, 1.807) is 18.2 Å². The zero-order valence-corrected chi connectivity index (χ0v) is 15.4. The summed E-state index contributed by atoms with van der Waals surface area (Å²) in [5.74, 6) is -0.00978. The molecule has 1 aromatic carbocycles. The highest BCUT2D eigenvalue weighted by atomic mass is 35.5. The van der Waals surface area contributed by atoms with Crippen LogP contribution in [0.25, 0.3) is 0 Å². The molecule has 1 aliphatic rings. The Hall–Kier alpha value is -1.49. The maximum Gasteiger partial charge on any atom is 0.282 e. The molecular weight excluding hydrogens is 345 g/mol. The molecule has 3 atom stereocenters. The van der Waals surface area contributed by atoms with Crippen molar-refractivity contribution in [2.75, 3.05) is 11.9 Å². The Morgan fingerprint density at radius 1 is 1.33 bits per heavy atom. The van der Waals surface area contributed by atoms with Crippen LogP contribution in [0, 0.1) is 0 Å². The molecule has 1 amide bonds. The van der Waals surface area contributed by atoms with Gasteiger partial charge in [0.15, 0.2) is 6.04 Å². The van der Waals surface area contributed by atoms with Gasteiger partial charge in [-0.3, -0.25) is 4.79 Å². The molecule has 0 radical (unpaired) electrons. The number of halogens is 2. The predicted molar refractivity (Wildman–Crippen MR) is 97.8 cm³/mol. The van der Waals surface area contributed by atoms with E-state index in [0.717, 1.165) is 19.4 Å². The second-order valence-electron chi connectivity index (χ2n) is 6.43. The van der Waals surface area contributed by atoms with Crippen molar-refractivity contribution in [1.82, 2.24) is 4.57 Å². The molecule has 3 rings (SSSR count). The fourth-order valence-corrected chi connectivity index (χ4v) is 4.13. The minimum Gasteiger partial charge on any atom is -0.350 e. The molecule has 128 valence electrons. The van der Waals surface area contributed by atoms with Crippen LogP contribution in [0.4, 0.5) is 5.69 Å². The number of hydrogen-bond donors (Lipinski definition) is 2. The van der Waals surface area contributed by atoms with Gasteiger partial charge in [0.05, 0.1) is 12.2 Å². The number of carbonyl (C=O) groups is 1. The number of likely N-dealkylation sites (tertiary alicyclic amines) is 1. The maximum absolute atomic E-state index is 12.7. The average Bonchev–Trinajstić information content (AvgIpc) is 3.13. The summed E-state index contributed by atoms with van der Waals surface area (Å²) >= 11 is 12.0. The average molecular weight is 367 g/mol. The lowest BCUT2D eigenvalue weighted by Gasteiger charge is -2.27. The van der Waals surface area contributed by atoms with Crippen LogP contribution < -0.4 is 10.2 Å². The number of aryl methyl sites for hydroxylation is 1. The van der Waals surface area contributed by atoms with Crippen molar-refractivity contribution < 1.29 is 9.69 Å². The van der Waals surface area contributed by atoms with E-state index in [1.165, 1.54) is 10.6 Å². The van der Waals surface area contributed by atoms with Crippen molar-refractivity contribution in [1.29, 1.82) is 0 Å². The summed E-state index contributed by atoms with van der Waals surface area (Å²) in [6.07, 6.45) is 4.30. The van der Waals surface area contributed by atoms with Gasteiger partial charge in [0.1, 0.15) is 6.04 Å². The maximum atomic E-state index is 12.7. The lowest BCUT2D eigenvalue weighted by Crippen LogP contribution is -3.15. The molecule has 24 heavy (non-hydrogen) atoms. The molecule has 6 heteroatoms. The van der Waals surface area contributed by atoms with Gasteiger partial charge < -0.3 is 14.8 Å². The summed E-state index contributed by atoms with van der Waals surface area (Å²) in [5.41, 5.74) is 1.92. The summed E-state index contributed by atoms with van der Waals surface area (Å²) in [5, 5.41) is 3.97. The van der Waals surface area contributed by atoms with Crippen LogP contribution in [0.3, 0.4) is 0 Å². The Morgan fingerprint density at radius 3 is 2.67 bits per heavy atom. The van der Waals surface area contributed by atoms with Crippen molar-refractivity contribution in [3.8, 4) is 0 Å². The van der Waals surface area contributed by atoms with Crippen LogP contribution >= 0.6 is 23.2 Å². The van der Waals surface area contributed by atoms with E-state index in [1.807, 2.05) is 6.92 Å². The number of anilines is 1. The van der Waals surface area contributed by atoms with Crippen LogP contribution in [0.2, 0.25) is 10.0 Å². The Labute approximate surface area is 152 Å². The highest BCUT2D eigenvalue weighted by Crippen LogP contribution is 2.23. The summed E-state index contributed by atoms with van der Waals surface area (Å²) in [4.78, 5) is 14.0. The highest BCUT2D eigenvalue weighted by molar-refractivity contribution is 6.35. The third-order valence-electron chi connectivity index (χ3n) is 4.83. The van der Waals surface area contributed by atoms with Gasteiger partial charge >= 0.3 is 0 Å². The van der Waals surface area contributed by atoms with Crippen LogP contribution in [-0.4, -0.2) is 23.1 Å². The van der Waals surface area contributed by atoms with Crippen molar-refractivity contribution in [2.45, 2.75) is 31.8 Å². The normalized spacial score (nSPS) is 21.7. The second kappa shape index (κ2) is 7.18. The van der Waals surface area contributed by atoms with Crippen molar-refractivity contribution in [2.24, 2.45) is 7.05 Å². The summed E-state index contributed by atoms with van der Waals surface area (Å²) < 4.78 is 2.15. The van der Waals surface area contributed by atoms with E-state index < -0.39 is 0 Å². The van der Waals surface area contributed by atoms with Gasteiger partial charge in [0.2, 0.25) is 0 Å². The molecule has 1 saturated heterocycles. The lowest BCUT2D eigenvalue weighted by molar-refractivity contribution is -0.932. The molecule has 1 aromatic heterocycles. The van der Waals surface area contributed by atoms with Gasteiger partial charge in [-0.1, -0.05) is 23.2 Å². The number of nitrogens with zero attached hydrogens (tertiary/aromatic N) is 1. The number of quaternary nitrogens is 1. The number of aromatic nitrogens is 1. The number of amides is 1. The highest BCUT2D eigenvalue weighted by Gasteiger charge is 2.38. The quantitative estimate of drug-likeness (QED) is 0.857. The largest absolute Gasteiger partial charge is 0.350 e. The topological polar surface area (TPSA) is 38.5 Å². The zero-order valence-electron chi connectivity index (χ0n) is 13.9. The van der Waals surface area contributed by atoms with Gasteiger partial charge in [-0.2, -0.15) is 0 Å². The van der Waals surface area contributed by atoms with Crippen LogP contribution in [-0.2, 0) is 11.8 Å². The number of benzene rings is 1. The standard InChI is InChI=1S/C18H21Cl2N3O/c1-12(18(24)21-15-10-13(19)9-14(20)11-15)23-8-4-6-17(23)16-5-3-7-22(16)2/h3,5,7,9-12,17H,4,6,8H2,1-2H3,(H,21,24)/p+1/t12-,17-/m1/s1. The number of rotatable bonds is 4. The Morgan fingerprint density at radius 2 is 2.04 bits per heavy atom. The van der Waals surface area contributed by atoms with Gasteiger partial charge in [-0.05, 0) is 37.3 Å². The fourth-order valence-electron chi connectivity index (χ4n) is 3.61. The molecule has 2 N–H and O–H groups in total. The fraction of sp³-hybridized carbons (Fsp3) is 0.389. The Balaban J connectivity index is 1.74. The van der Waals surface area contributed by atoms with Crippen LogP contribution in [0.15, 0.2) is 36.5 Å². The smallest absolute Gasteiger partial charge is 0.282 e. The molecule has 2 aromatic rings. The van der Waals surface area contributed by atoms with E-state index in [4.69, 9.17) is 23.2 Å². The van der Waals surface area contributed by atoms with Gasteiger partial charge in [-0.25, -0.2) is 0 Å². The molecule has 2 heterocycles. The number of hydrogen-bond acceptors (Lipinski definition) is 1. The molecule has 4 nitrogen and oxygen atoms in total. The molecule has 1 fully saturated rings. The first kappa shape index (κ1) is 17.3. The van der Waals surface area contributed by atoms with E-state index >= 15 is 0 Å². The van der Waals surface area contributed by atoms with E-state index in [-0.39, 0.29) is 11.9 Å². The molecule has 0 aliphatic carbocycles. The van der Waals surface area contributed by atoms with Crippen LogP contribution in [0.1, 0.15) is 31.5 Å². The van der Waals surface area contributed by atoms with Crippen molar-refractivity contribution in [3.05, 3.63) is 52.3 Å². The molecular formula is C18H22Cl2N3O+. The van der Waals surface area contributed by atoms with Gasteiger partial charge in [-0.15, -0.1) is 0 Å². The number of carbonyl (C=O) groups excluding carboxylic acids is 1. The molecule has 0 bridgehead atoms. The summed E-state index contributed by atoms with van der Waals surface area (Å²) in [7, 11) is 2.06. The van der Waals surface area contributed by atoms with Gasteiger partial charge in [0, 0.05) is 41.8 Å². The van der Waals surface area contributed by atoms with Crippen molar-refractivity contribution in [3.63, 3.8) is 0 Å². The Bertz CT molecular complexity index is 723. The minimum absolute atomic E-state index is 0.00978. The predicted octanol–water partition coefficient (Wildman–Crippen LogP) is 3.08. The second-order valence-corrected chi connectivity index (χ2v) is 7.31. The molecule has 0 spiro atoms. The van der Waals surface area contributed by atoms with E-state index in [0.29, 0.717) is 21.8 Å². The third kappa shape index (κ3) is 3.61. The first-order chi connectivity index (χ1) is 11.5. The van der Waals surface area contributed by atoms with E-state index in [9.17, 15) is 4.79 Å². The first-order valence-electron chi connectivity index (χ1n) is 8.19. The lowest BCUT2D eigenvalue weighted by atomic mass is 10.1. The van der Waals surface area contributed by atoms with Gasteiger partial charge in [0.25, 0.3) is 5.91 Å². The number of nitrogens with one attached hydrogen (secondary N) is 2. The SMILES string of the molecule is C[C@H](C(=O)Nc1cc(Cl)cc(Cl)c1)[NH+]1CCC[C@@H]1c1cccn1C. The molecule has 1 aliphatic heterocycles. The first-order valence-corrected chi connectivity index (χ1v) is 8.95. The minimum atomic E-state index is -0.148. The summed E-state index contributed by atoms with van der Waals surface area (Å²) in [6.45, 7) is 2.98. The summed E-state index contributed by atoms with van der Waals surface area (Å²) in [6, 6.07) is 9.50.